The molecule has 4 unspecified atom stereocenters. The second kappa shape index (κ2) is 15.3. The van der Waals surface area contributed by atoms with Gasteiger partial charge in [0.05, 0.1) is 0 Å². The fraction of sp³-hybridized carbons (Fsp3) is 0.462. The lowest BCUT2D eigenvalue weighted by molar-refractivity contribution is 0.100. The molecule has 1 aliphatic rings. The van der Waals surface area contributed by atoms with Gasteiger partial charge in [0, 0.05) is 68.2 Å². The number of Topliss-reactive ketones (excluding diaryl/α,β-unsaturated/α-hetero) is 4. The highest BCUT2D eigenvalue weighted by molar-refractivity contribution is 5.99. The van der Waals surface area contributed by atoms with Gasteiger partial charge in [-0.3, -0.25) is 19.2 Å². The van der Waals surface area contributed by atoms with Crippen LogP contribution in [0, 0.1) is 21.7 Å². The van der Waals surface area contributed by atoms with Gasteiger partial charge in [-0.15, -0.1) is 0 Å². The van der Waals surface area contributed by atoms with Crippen LogP contribution >= 0.6 is 0 Å². The van der Waals surface area contributed by atoms with Crippen molar-refractivity contribution >= 4 is 23.1 Å². The minimum atomic E-state index is -0.693. The van der Waals surface area contributed by atoms with Crippen LogP contribution in [-0.4, -0.2) is 43.6 Å². The molecule has 320 valence electrons. The molecule has 0 heterocycles. The Kier molecular flexibility index (Phi) is 11.7. The molecule has 0 fully saturated rings. The average molecular weight is 817 g/mol. The van der Waals surface area contributed by atoms with E-state index in [9.17, 15) is 39.6 Å². The van der Waals surface area contributed by atoms with Crippen molar-refractivity contribution in [3.05, 3.63) is 115 Å². The molecule has 0 aromatic heterocycles. The van der Waals surface area contributed by atoms with Gasteiger partial charge in [-0.1, -0.05) is 107 Å². The van der Waals surface area contributed by atoms with Crippen molar-refractivity contribution in [1.29, 1.82) is 0 Å². The Hall–Kier alpha value is -5.24. The lowest BCUT2D eigenvalue weighted by atomic mass is 9.64. The molecule has 0 saturated carbocycles. The predicted molar refractivity (Wildman–Crippen MR) is 238 cm³/mol. The Morgan fingerprint density at radius 3 is 0.583 bits per heavy atom. The van der Waals surface area contributed by atoms with E-state index in [0.29, 0.717) is 44.5 Å². The van der Waals surface area contributed by atoms with Gasteiger partial charge in [-0.25, -0.2) is 0 Å². The van der Waals surface area contributed by atoms with Gasteiger partial charge in [0.25, 0.3) is 0 Å². The Labute approximate surface area is 356 Å². The maximum Gasteiger partial charge on any atom is 0.160 e. The summed E-state index contributed by atoms with van der Waals surface area (Å²) in [6.45, 7) is 29.7. The van der Waals surface area contributed by atoms with E-state index in [2.05, 4.69) is 0 Å². The lowest BCUT2D eigenvalue weighted by Gasteiger charge is -2.40. The zero-order chi connectivity index (χ0) is 45.5. The van der Waals surface area contributed by atoms with Crippen molar-refractivity contribution < 1.29 is 39.6 Å². The summed E-state index contributed by atoms with van der Waals surface area (Å²) in [6, 6.07) is 13.2. The second-order valence-corrected chi connectivity index (χ2v) is 21.4. The molecule has 60 heavy (non-hydrogen) atoms. The number of rotatable bonds is 4. The van der Waals surface area contributed by atoms with Gasteiger partial charge < -0.3 is 20.4 Å². The minimum absolute atomic E-state index is 0.152. The van der Waals surface area contributed by atoms with Gasteiger partial charge >= 0.3 is 0 Å². The number of carbonyl (C=O) groups excluding carboxylic acids is 4. The number of fused-ring (bicyclic) bond motifs is 8. The second-order valence-electron chi connectivity index (χ2n) is 21.4. The number of phenols is 4. The first-order chi connectivity index (χ1) is 27.3. The Morgan fingerprint density at radius 1 is 0.317 bits per heavy atom. The van der Waals surface area contributed by atoms with E-state index in [4.69, 9.17) is 0 Å². The number of benzene rings is 4. The molecule has 8 nitrogen and oxygen atoms in total. The molecule has 8 heteroatoms. The summed E-state index contributed by atoms with van der Waals surface area (Å²) in [4.78, 5) is 54.7. The largest absolute Gasteiger partial charge is 0.508 e. The Morgan fingerprint density at radius 2 is 0.467 bits per heavy atom. The Balaban J connectivity index is 2.22. The van der Waals surface area contributed by atoms with Crippen molar-refractivity contribution in [2.45, 2.75) is 134 Å². The fourth-order valence-electron chi connectivity index (χ4n) is 9.99. The molecular formula is C52H64O8. The van der Waals surface area contributed by atoms with E-state index < -0.39 is 45.3 Å². The third-order valence-electron chi connectivity index (χ3n) is 12.3. The molecule has 1 aliphatic carbocycles. The SMILES string of the molecule is CC(=O)c1cc(O)c2cc1C(C(C)(C)C)c1cc(c(C(C)=O)cc1O)C(C(C)(C)C)c1cc(c(C(C)=O)cc1O)C(C(C)(C)C)c1cc(c(C(C)=O)cc1O)C2C(C)(C)C. The number of carbonyl (C=O) groups is 4. The number of hydrogen-bond donors (Lipinski definition) is 4. The quantitative estimate of drug-likeness (QED) is 0.149. The van der Waals surface area contributed by atoms with Crippen LogP contribution in [0.1, 0.15) is 220 Å². The predicted octanol–water partition coefficient (Wildman–Crippen LogP) is 12.3. The van der Waals surface area contributed by atoms with Gasteiger partial charge in [0.2, 0.25) is 0 Å². The molecular weight excluding hydrogens is 753 g/mol. The van der Waals surface area contributed by atoms with Crippen LogP contribution in [0.4, 0.5) is 0 Å². The number of hydrogen-bond acceptors (Lipinski definition) is 8. The molecule has 0 spiro atoms. The molecule has 4 aromatic rings. The minimum Gasteiger partial charge on any atom is -0.508 e. The third-order valence-corrected chi connectivity index (χ3v) is 12.3. The Bertz CT molecular complexity index is 2100. The molecule has 8 bridgehead atoms. The van der Waals surface area contributed by atoms with E-state index in [0.717, 1.165) is 0 Å². The van der Waals surface area contributed by atoms with Crippen LogP contribution in [0.2, 0.25) is 0 Å². The topological polar surface area (TPSA) is 149 Å². The van der Waals surface area contributed by atoms with Crippen molar-refractivity contribution in [1.82, 2.24) is 0 Å². The van der Waals surface area contributed by atoms with Crippen LogP contribution in [-0.2, 0) is 0 Å². The molecule has 0 amide bonds. The fourth-order valence-corrected chi connectivity index (χ4v) is 9.99. The molecule has 4 atom stereocenters. The zero-order valence-corrected chi connectivity index (χ0v) is 38.4. The standard InChI is InChI=1S/C52H64O8/c1-25(53)29-21-41(57)37-17-33(29)45(49(5,6)7)38-18-34(30(26(2)54)22-42(38)58)47(51(11,12)13)40-20-36(32(28(4)56)24-44(40)60)48(52(14,15)16)39-19-35(46(37)50(8,9)10)31(27(3)55)23-43(39)59/h17-24,45-48,57-60H,1-16H3. The van der Waals surface area contributed by atoms with E-state index >= 15 is 0 Å². The first-order valence-electron chi connectivity index (χ1n) is 20.8. The normalized spacial score (nSPS) is 18.5. The van der Waals surface area contributed by atoms with Crippen LogP contribution in [0.15, 0.2) is 48.5 Å². The van der Waals surface area contributed by atoms with Crippen molar-refractivity contribution in [2.24, 2.45) is 21.7 Å². The summed E-state index contributed by atoms with van der Waals surface area (Å²) in [6.07, 6.45) is 0. The third kappa shape index (κ3) is 8.27. The summed E-state index contributed by atoms with van der Waals surface area (Å²) < 4.78 is 0. The van der Waals surface area contributed by atoms with Gasteiger partial charge in [-0.2, -0.15) is 0 Å². The van der Waals surface area contributed by atoms with Crippen LogP contribution in [0.25, 0.3) is 0 Å². The van der Waals surface area contributed by atoms with Crippen LogP contribution in [0.3, 0.4) is 0 Å². The van der Waals surface area contributed by atoms with E-state index in [-0.39, 0.29) is 68.4 Å². The van der Waals surface area contributed by atoms with Gasteiger partial charge in [-0.05, 0) is 95.9 Å². The average Bonchev–Trinajstić information content (AvgIpc) is 3.06. The van der Waals surface area contributed by atoms with Crippen molar-refractivity contribution in [3.8, 4) is 23.0 Å². The smallest absolute Gasteiger partial charge is 0.160 e. The molecule has 0 aliphatic heterocycles. The first kappa shape index (κ1) is 45.8. The summed E-state index contributed by atoms with van der Waals surface area (Å²) in [7, 11) is 0. The summed E-state index contributed by atoms with van der Waals surface area (Å²) in [5.41, 5.74) is 2.23. The van der Waals surface area contributed by atoms with Crippen LogP contribution < -0.4 is 0 Å². The molecule has 4 N–H and O–H groups in total. The summed E-state index contributed by atoms with van der Waals surface area (Å²) in [5.74, 6) is -4.59. The summed E-state index contributed by atoms with van der Waals surface area (Å²) >= 11 is 0. The van der Waals surface area contributed by atoms with Crippen molar-refractivity contribution in [3.63, 3.8) is 0 Å². The number of aromatic hydroxyl groups is 4. The van der Waals surface area contributed by atoms with Gasteiger partial charge in [0.1, 0.15) is 23.0 Å². The molecule has 4 aromatic carbocycles. The van der Waals surface area contributed by atoms with Gasteiger partial charge in [0.15, 0.2) is 23.1 Å². The van der Waals surface area contributed by atoms with Crippen LogP contribution in [0.5, 0.6) is 23.0 Å². The molecule has 5 rings (SSSR count). The maximum atomic E-state index is 13.7. The lowest BCUT2D eigenvalue weighted by Crippen LogP contribution is -2.28. The monoisotopic (exact) mass is 816 g/mol. The molecule has 0 radical (unpaired) electrons. The number of phenolic OH excluding ortho intramolecular Hbond substituents is 4. The highest BCUT2D eigenvalue weighted by atomic mass is 16.3. The maximum absolute atomic E-state index is 13.7. The highest BCUT2D eigenvalue weighted by Gasteiger charge is 2.42. The summed E-state index contributed by atoms with van der Waals surface area (Å²) in [5, 5.41) is 48.4. The highest BCUT2D eigenvalue weighted by Crippen LogP contribution is 2.56. The van der Waals surface area contributed by atoms with Crippen molar-refractivity contribution in [2.75, 3.05) is 0 Å². The zero-order valence-electron chi connectivity index (χ0n) is 38.4. The first-order valence-corrected chi connectivity index (χ1v) is 20.8. The number of ketones is 4. The van der Waals surface area contributed by atoms with E-state index in [1.165, 1.54) is 52.0 Å². The van der Waals surface area contributed by atoms with E-state index in [1.807, 2.05) is 107 Å². The molecule has 0 saturated heterocycles. The van der Waals surface area contributed by atoms with E-state index in [1.54, 1.807) is 0 Å².